The molecule has 2 aromatic carbocycles. The van der Waals surface area contributed by atoms with Crippen LogP contribution < -0.4 is 11.5 Å². The van der Waals surface area contributed by atoms with Crippen molar-refractivity contribution in [1.82, 2.24) is 0 Å². The smallest absolute Gasteiger partial charge is 0.418 e. The number of anilines is 2. The first-order chi connectivity index (χ1) is 11.3. The lowest BCUT2D eigenvalue weighted by molar-refractivity contribution is -0.137. The van der Waals surface area contributed by atoms with Gasteiger partial charge in [0, 0.05) is 0 Å². The van der Waals surface area contributed by atoms with Crippen LogP contribution in [-0.4, -0.2) is 10.2 Å². The predicted octanol–water partition coefficient (Wildman–Crippen LogP) is 3.89. The number of hydrogen-bond donors (Lipinski definition) is 4. The summed E-state index contributed by atoms with van der Waals surface area (Å²) in [7, 11) is 0. The quantitative estimate of drug-likeness (QED) is 0.369. The summed E-state index contributed by atoms with van der Waals surface area (Å²) >= 11 is 0. The van der Waals surface area contributed by atoms with Crippen LogP contribution in [0.25, 0.3) is 0 Å². The van der Waals surface area contributed by atoms with Crippen molar-refractivity contribution < 1.29 is 36.6 Å². The maximum Gasteiger partial charge on any atom is 0.418 e. The van der Waals surface area contributed by atoms with Crippen LogP contribution >= 0.6 is 0 Å². The lowest BCUT2D eigenvalue weighted by Crippen LogP contribution is -2.11. The van der Waals surface area contributed by atoms with Crippen molar-refractivity contribution >= 4 is 11.4 Å². The van der Waals surface area contributed by atoms with Crippen LogP contribution in [0.4, 0.5) is 37.7 Å². The van der Waals surface area contributed by atoms with E-state index in [1.807, 2.05) is 0 Å². The van der Waals surface area contributed by atoms with Gasteiger partial charge in [-0.05, 0) is 41.8 Å². The minimum atomic E-state index is -4.85. The number of aromatic hydroxyl groups is 2. The Bertz CT molecular complexity index is 748. The first-order valence-corrected chi connectivity index (χ1v) is 6.67. The summed E-state index contributed by atoms with van der Waals surface area (Å²) < 4.78 is 77.3. The molecule has 0 aliphatic carbocycles. The van der Waals surface area contributed by atoms with Crippen molar-refractivity contribution in [2.24, 2.45) is 0 Å². The number of hydrogen-bond acceptors (Lipinski definition) is 4. The Balaban J connectivity index is 2.51. The molecule has 10 heteroatoms. The number of rotatable bonds is 2. The number of phenols is 2. The average molecular weight is 366 g/mol. The van der Waals surface area contributed by atoms with Gasteiger partial charge >= 0.3 is 12.4 Å². The van der Waals surface area contributed by atoms with Gasteiger partial charge in [-0.15, -0.1) is 0 Å². The highest BCUT2D eigenvalue weighted by Gasteiger charge is 2.36. The molecule has 0 spiro atoms. The van der Waals surface area contributed by atoms with E-state index in [0.717, 1.165) is 12.1 Å². The first-order valence-electron chi connectivity index (χ1n) is 6.67. The van der Waals surface area contributed by atoms with Gasteiger partial charge < -0.3 is 21.7 Å². The molecule has 0 saturated carbocycles. The summed E-state index contributed by atoms with van der Waals surface area (Å²) in [6.07, 6.45) is -10.1. The summed E-state index contributed by atoms with van der Waals surface area (Å²) in [5, 5.41) is 19.1. The van der Waals surface area contributed by atoms with Gasteiger partial charge in [-0.2, -0.15) is 26.3 Å². The van der Waals surface area contributed by atoms with Crippen LogP contribution in [-0.2, 0) is 18.8 Å². The van der Waals surface area contributed by atoms with E-state index in [-0.39, 0.29) is 11.1 Å². The average Bonchev–Trinajstić information content (AvgIpc) is 2.43. The fraction of sp³-hybridized carbons (Fsp3) is 0.200. The fourth-order valence-electron chi connectivity index (χ4n) is 2.30. The first kappa shape index (κ1) is 18.6. The normalized spacial score (nSPS) is 12.4. The molecule has 4 nitrogen and oxygen atoms in total. The third-order valence-corrected chi connectivity index (χ3v) is 3.45. The topological polar surface area (TPSA) is 92.5 Å². The summed E-state index contributed by atoms with van der Waals surface area (Å²) in [5.74, 6) is -1.69. The van der Waals surface area contributed by atoms with E-state index in [2.05, 4.69) is 0 Å². The highest BCUT2D eigenvalue weighted by Crippen LogP contribution is 2.41. The number of phenolic OH excluding ortho intramolecular Hbond substituents is 2. The molecule has 6 N–H and O–H groups in total. The van der Waals surface area contributed by atoms with Crippen molar-refractivity contribution in [3.63, 3.8) is 0 Å². The fourth-order valence-corrected chi connectivity index (χ4v) is 2.30. The molecule has 0 fully saturated rings. The molecule has 0 aliphatic rings. The van der Waals surface area contributed by atoms with Gasteiger partial charge in [0.25, 0.3) is 0 Å². The van der Waals surface area contributed by atoms with Crippen LogP contribution in [0.1, 0.15) is 22.3 Å². The summed E-state index contributed by atoms with van der Waals surface area (Å²) in [5.41, 5.74) is 5.70. The van der Waals surface area contributed by atoms with Crippen molar-refractivity contribution in [2.45, 2.75) is 18.8 Å². The van der Waals surface area contributed by atoms with E-state index in [1.165, 1.54) is 0 Å². The molecule has 2 aromatic rings. The Labute approximate surface area is 137 Å². The van der Waals surface area contributed by atoms with E-state index in [9.17, 15) is 36.6 Å². The number of halogens is 6. The number of alkyl halides is 6. The van der Waals surface area contributed by atoms with Gasteiger partial charge in [-0.25, -0.2) is 0 Å². The highest BCUT2D eigenvalue weighted by molar-refractivity contribution is 5.63. The molecule has 0 aliphatic heterocycles. The minimum absolute atomic E-state index is 0.142. The van der Waals surface area contributed by atoms with Crippen LogP contribution in [0.2, 0.25) is 0 Å². The van der Waals surface area contributed by atoms with E-state index in [4.69, 9.17) is 11.5 Å². The van der Waals surface area contributed by atoms with Crippen molar-refractivity contribution in [2.75, 3.05) is 11.5 Å². The monoisotopic (exact) mass is 366 g/mol. The molecule has 0 aromatic heterocycles. The maximum atomic E-state index is 12.9. The molecule has 25 heavy (non-hydrogen) atoms. The Morgan fingerprint density at radius 3 is 1.28 bits per heavy atom. The van der Waals surface area contributed by atoms with E-state index in [1.54, 1.807) is 0 Å². The lowest BCUT2D eigenvalue weighted by atomic mass is 9.98. The zero-order chi connectivity index (χ0) is 19.2. The van der Waals surface area contributed by atoms with Crippen molar-refractivity contribution in [3.05, 3.63) is 46.5 Å². The highest BCUT2D eigenvalue weighted by atomic mass is 19.4. The van der Waals surface area contributed by atoms with Gasteiger partial charge in [-0.3, -0.25) is 0 Å². The largest absolute Gasteiger partial charge is 0.506 e. The van der Waals surface area contributed by atoms with E-state index >= 15 is 0 Å². The molecule has 0 amide bonds. The number of nitrogen functional groups attached to an aromatic ring is 2. The lowest BCUT2D eigenvalue weighted by Gasteiger charge is -2.15. The molecule has 2 rings (SSSR count). The molecule has 0 heterocycles. The van der Waals surface area contributed by atoms with Gasteiger partial charge in [0.15, 0.2) is 0 Å². The zero-order valence-corrected chi connectivity index (χ0v) is 12.3. The Kier molecular flexibility index (Phi) is 4.41. The Hall–Kier alpha value is -2.78. The van der Waals surface area contributed by atoms with Crippen LogP contribution in [0.5, 0.6) is 11.5 Å². The standard InChI is InChI=1S/C15H12F6N2O2/c16-14(17,18)8-2-6(4-10(24)12(8)22)1-7-3-9(15(19,20)21)13(23)11(25)5-7/h2-5,24-25H,1,22-23H2. The second kappa shape index (κ2) is 5.94. The zero-order valence-electron chi connectivity index (χ0n) is 12.3. The third-order valence-electron chi connectivity index (χ3n) is 3.45. The van der Waals surface area contributed by atoms with Crippen molar-refractivity contribution in [1.29, 1.82) is 0 Å². The Morgan fingerprint density at radius 2 is 1.00 bits per heavy atom. The third kappa shape index (κ3) is 3.83. The van der Waals surface area contributed by atoms with Crippen LogP contribution in [0, 0.1) is 0 Å². The van der Waals surface area contributed by atoms with Gasteiger partial charge in [-0.1, -0.05) is 0 Å². The van der Waals surface area contributed by atoms with Crippen LogP contribution in [0.3, 0.4) is 0 Å². The number of benzene rings is 2. The molecular weight excluding hydrogens is 354 g/mol. The van der Waals surface area contributed by atoms with E-state index < -0.39 is 52.8 Å². The molecule has 0 unspecified atom stereocenters. The maximum absolute atomic E-state index is 12.9. The second-order valence-electron chi connectivity index (χ2n) is 5.32. The van der Waals surface area contributed by atoms with Gasteiger partial charge in [0.05, 0.1) is 22.5 Å². The van der Waals surface area contributed by atoms with Gasteiger partial charge in [0.1, 0.15) is 11.5 Å². The summed E-state index contributed by atoms with van der Waals surface area (Å²) in [6.45, 7) is 0. The summed E-state index contributed by atoms with van der Waals surface area (Å²) in [4.78, 5) is 0. The van der Waals surface area contributed by atoms with E-state index in [0.29, 0.717) is 12.1 Å². The summed E-state index contributed by atoms with van der Waals surface area (Å²) in [6, 6.07) is 3.06. The molecule has 0 saturated heterocycles. The Morgan fingerprint density at radius 1 is 0.680 bits per heavy atom. The van der Waals surface area contributed by atoms with Crippen LogP contribution in [0.15, 0.2) is 24.3 Å². The number of nitrogens with two attached hydrogens (primary N) is 2. The molecule has 0 bridgehead atoms. The second-order valence-corrected chi connectivity index (χ2v) is 5.32. The molecule has 0 radical (unpaired) electrons. The predicted molar refractivity (Wildman–Crippen MR) is 77.8 cm³/mol. The molecular formula is C15H12F6N2O2. The molecule has 136 valence electrons. The minimum Gasteiger partial charge on any atom is -0.506 e. The van der Waals surface area contributed by atoms with Crippen molar-refractivity contribution in [3.8, 4) is 11.5 Å². The van der Waals surface area contributed by atoms with Gasteiger partial charge in [0.2, 0.25) is 0 Å². The SMILES string of the molecule is Nc1c(O)cc(Cc2cc(O)c(N)c(C(F)(F)F)c2)cc1C(F)(F)F. The molecule has 0 atom stereocenters.